The Morgan fingerprint density at radius 1 is 0.682 bits per heavy atom. The summed E-state index contributed by atoms with van der Waals surface area (Å²) in [4.78, 5) is 4.63. The van der Waals surface area contributed by atoms with Crippen LogP contribution < -0.4 is 4.74 Å². The van der Waals surface area contributed by atoms with E-state index in [4.69, 9.17) is 4.74 Å². The maximum absolute atomic E-state index is 5.89. The van der Waals surface area contributed by atoms with Crippen molar-refractivity contribution in [3.05, 3.63) is 84.6 Å². The molecule has 22 heavy (non-hydrogen) atoms. The van der Waals surface area contributed by atoms with E-state index in [1.165, 1.54) is 10.8 Å². The average Bonchev–Trinajstić information content (AvgIpc) is 2.59. The number of aromatic nitrogens is 1. The lowest BCUT2D eigenvalue weighted by Gasteiger charge is -2.08. The zero-order valence-corrected chi connectivity index (χ0v) is 12.1. The highest BCUT2D eigenvalue weighted by Crippen LogP contribution is 2.21. The van der Waals surface area contributed by atoms with E-state index in [2.05, 4.69) is 41.4 Å². The first-order chi connectivity index (χ1) is 10.9. The van der Waals surface area contributed by atoms with Crippen LogP contribution in [0.15, 0.2) is 78.9 Å². The number of pyridine rings is 1. The van der Waals surface area contributed by atoms with Crippen LogP contribution in [0.1, 0.15) is 5.69 Å². The molecule has 0 saturated carbocycles. The van der Waals surface area contributed by atoms with E-state index < -0.39 is 0 Å². The number of para-hydroxylation sites is 1. The normalized spacial score (nSPS) is 10.9. The second-order valence-electron chi connectivity index (χ2n) is 5.29. The van der Waals surface area contributed by atoms with Gasteiger partial charge in [-0.05, 0) is 35.0 Å². The minimum absolute atomic E-state index is 0.475. The van der Waals surface area contributed by atoms with Crippen molar-refractivity contribution in [2.45, 2.75) is 6.61 Å². The van der Waals surface area contributed by atoms with Gasteiger partial charge in [-0.2, -0.15) is 0 Å². The maximum Gasteiger partial charge on any atom is 0.130 e. The summed E-state index contributed by atoms with van der Waals surface area (Å²) in [5, 5.41) is 3.56. The van der Waals surface area contributed by atoms with E-state index in [9.17, 15) is 0 Å². The van der Waals surface area contributed by atoms with Gasteiger partial charge in [-0.25, -0.2) is 4.98 Å². The first kappa shape index (κ1) is 12.8. The summed E-state index contributed by atoms with van der Waals surface area (Å²) in [6.45, 7) is 0.475. The lowest BCUT2D eigenvalue weighted by atomic mass is 10.1. The molecule has 2 heteroatoms. The minimum atomic E-state index is 0.475. The van der Waals surface area contributed by atoms with Crippen molar-refractivity contribution in [1.82, 2.24) is 4.98 Å². The van der Waals surface area contributed by atoms with Crippen LogP contribution in [0.4, 0.5) is 0 Å². The Kier molecular flexibility index (Phi) is 3.20. The third kappa shape index (κ3) is 2.51. The quantitative estimate of drug-likeness (QED) is 0.530. The van der Waals surface area contributed by atoms with Gasteiger partial charge in [0.2, 0.25) is 0 Å². The van der Waals surface area contributed by atoms with E-state index >= 15 is 0 Å². The molecule has 2 nitrogen and oxygen atoms in total. The van der Waals surface area contributed by atoms with E-state index in [-0.39, 0.29) is 0 Å². The molecule has 0 bridgehead atoms. The van der Waals surface area contributed by atoms with Crippen molar-refractivity contribution >= 4 is 21.7 Å². The summed E-state index contributed by atoms with van der Waals surface area (Å²) < 4.78 is 5.89. The van der Waals surface area contributed by atoms with Crippen molar-refractivity contribution in [3.8, 4) is 5.75 Å². The zero-order chi connectivity index (χ0) is 14.8. The molecule has 0 amide bonds. The fourth-order valence-corrected chi connectivity index (χ4v) is 2.60. The van der Waals surface area contributed by atoms with Gasteiger partial charge in [0.25, 0.3) is 0 Å². The van der Waals surface area contributed by atoms with Crippen molar-refractivity contribution in [3.63, 3.8) is 0 Å². The molecule has 0 N–H and O–H groups in total. The highest BCUT2D eigenvalue weighted by molar-refractivity contribution is 5.83. The number of hydrogen-bond donors (Lipinski definition) is 0. The summed E-state index contributed by atoms with van der Waals surface area (Å²) in [5.74, 6) is 0.869. The Morgan fingerprint density at radius 3 is 2.32 bits per heavy atom. The van der Waals surface area contributed by atoms with Crippen molar-refractivity contribution in [2.24, 2.45) is 0 Å². The molecule has 0 aliphatic carbocycles. The Labute approximate surface area is 129 Å². The van der Waals surface area contributed by atoms with Gasteiger partial charge in [-0.15, -0.1) is 0 Å². The third-order valence-corrected chi connectivity index (χ3v) is 3.76. The summed E-state index contributed by atoms with van der Waals surface area (Å²) in [7, 11) is 0. The van der Waals surface area contributed by atoms with Gasteiger partial charge >= 0.3 is 0 Å². The van der Waals surface area contributed by atoms with Gasteiger partial charge in [-0.3, -0.25) is 0 Å². The summed E-state index contributed by atoms with van der Waals surface area (Å²) in [6, 6.07) is 26.6. The Hall–Kier alpha value is -2.87. The lowest BCUT2D eigenvalue weighted by Crippen LogP contribution is -1.98. The van der Waals surface area contributed by atoms with Crippen LogP contribution in [0.25, 0.3) is 21.7 Å². The molecular weight excluding hydrogens is 270 g/mol. The lowest BCUT2D eigenvalue weighted by molar-refractivity contribution is 0.302. The molecule has 0 fully saturated rings. The first-order valence-corrected chi connectivity index (χ1v) is 7.35. The molecule has 4 aromatic rings. The molecule has 4 rings (SSSR count). The summed E-state index contributed by atoms with van der Waals surface area (Å²) >= 11 is 0. The van der Waals surface area contributed by atoms with Gasteiger partial charge in [0.15, 0.2) is 0 Å². The second kappa shape index (κ2) is 5.49. The molecule has 106 valence electrons. The molecule has 0 spiro atoms. The Balaban J connectivity index is 1.57. The predicted octanol–water partition coefficient (Wildman–Crippen LogP) is 4.97. The van der Waals surface area contributed by atoms with Crippen molar-refractivity contribution in [2.75, 3.05) is 0 Å². The number of rotatable bonds is 3. The van der Waals surface area contributed by atoms with E-state index in [1.54, 1.807) is 0 Å². The van der Waals surface area contributed by atoms with Gasteiger partial charge in [0.1, 0.15) is 12.4 Å². The number of hydrogen-bond acceptors (Lipinski definition) is 2. The molecule has 1 heterocycles. The van der Waals surface area contributed by atoms with Crippen molar-refractivity contribution < 1.29 is 4.74 Å². The van der Waals surface area contributed by atoms with E-state index in [1.807, 2.05) is 42.5 Å². The summed E-state index contributed by atoms with van der Waals surface area (Å²) in [5.41, 5.74) is 1.94. The molecule has 3 aromatic carbocycles. The van der Waals surface area contributed by atoms with Crippen LogP contribution in [-0.2, 0) is 6.61 Å². The first-order valence-electron chi connectivity index (χ1n) is 7.35. The topological polar surface area (TPSA) is 22.1 Å². The minimum Gasteiger partial charge on any atom is -0.487 e. The van der Waals surface area contributed by atoms with Gasteiger partial charge in [0, 0.05) is 5.39 Å². The van der Waals surface area contributed by atoms with Crippen molar-refractivity contribution in [1.29, 1.82) is 0 Å². The fraction of sp³-hybridized carbons (Fsp3) is 0.0500. The second-order valence-corrected chi connectivity index (χ2v) is 5.29. The molecule has 1 aromatic heterocycles. The fourth-order valence-electron chi connectivity index (χ4n) is 2.60. The predicted molar refractivity (Wildman–Crippen MR) is 90.0 cm³/mol. The molecule has 0 saturated heterocycles. The highest BCUT2D eigenvalue weighted by atomic mass is 16.5. The smallest absolute Gasteiger partial charge is 0.130 e. The van der Waals surface area contributed by atoms with E-state index in [0.29, 0.717) is 6.61 Å². The van der Waals surface area contributed by atoms with Gasteiger partial charge in [0.05, 0.1) is 11.2 Å². The monoisotopic (exact) mass is 285 g/mol. The van der Waals surface area contributed by atoms with Crippen LogP contribution in [0.5, 0.6) is 5.75 Å². The van der Waals surface area contributed by atoms with Crippen LogP contribution in [0.2, 0.25) is 0 Å². The van der Waals surface area contributed by atoms with E-state index in [0.717, 1.165) is 22.3 Å². The number of nitrogens with zero attached hydrogens (tertiary/aromatic N) is 1. The number of fused-ring (bicyclic) bond motifs is 2. The Bertz CT molecular complexity index is 867. The maximum atomic E-state index is 5.89. The molecule has 0 atom stereocenters. The highest BCUT2D eigenvalue weighted by Gasteiger charge is 2.01. The van der Waals surface area contributed by atoms with Crippen LogP contribution in [-0.4, -0.2) is 4.98 Å². The average molecular weight is 285 g/mol. The standard InChI is InChI=1S/C20H15NO/c1-2-7-17-13-19(12-10-15(17)5-1)22-14-18-11-9-16-6-3-4-8-20(16)21-18/h1-13H,14H2. The largest absolute Gasteiger partial charge is 0.487 e. The van der Waals surface area contributed by atoms with Crippen LogP contribution in [0.3, 0.4) is 0 Å². The number of benzene rings is 3. The van der Waals surface area contributed by atoms with Crippen LogP contribution in [0, 0.1) is 0 Å². The number of ether oxygens (including phenoxy) is 1. The zero-order valence-electron chi connectivity index (χ0n) is 12.1. The molecular formula is C20H15NO. The van der Waals surface area contributed by atoms with Gasteiger partial charge < -0.3 is 4.74 Å². The molecule has 0 radical (unpaired) electrons. The Morgan fingerprint density at radius 2 is 1.41 bits per heavy atom. The molecule has 0 unspecified atom stereocenters. The summed E-state index contributed by atoms with van der Waals surface area (Å²) in [6.07, 6.45) is 0. The van der Waals surface area contributed by atoms with Gasteiger partial charge in [-0.1, -0.05) is 54.6 Å². The molecule has 0 aliphatic heterocycles. The molecule has 0 aliphatic rings. The SMILES string of the molecule is c1ccc2cc(OCc3ccc4ccccc4n3)ccc2c1. The van der Waals surface area contributed by atoms with Crippen LogP contribution >= 0.6 is 0 Å². The third-order valence-electron chi connectivity index (χ3n) is 3.76.